The Labute approximate surface area is 126 Å². The van der Waals surface area contributed by atoms with Crippen LogP contribution in [0.1, 0.15) is 10.4 Å². The highest BCUT2D eigenvalue weighted by Gasteiger charge is 2.20. The van der Waals surface area contributed by atoms with Crippen molar-refractivity contribution >= 4 is 34.2 Å². The predicted molar refractivity (Wildman–Crippen MR) is 77.1 cm³/mol. The number of pyridine rings is 1. The number of benzene rings is 1. The largest absolute Gasteiger partial charge is 0.478 e. The van der Waals surface area contributed by atoms with E-state index in [1.54, 1.807) is 18.2 Å². The van der Waals surface area contributed by atoms with Gasteiger partial charge in [-0.1, -0.05) is 6.07 Å². The Bertz CT molecular complexity index is 689. The molecule has 0 aliphatic rings. The topological polar surface area (TPSA) is 103 Å². The zero-order chi connectivity index (χ0) is 14.7. The zero-order valence-corrected chi connectivity index (χ0v) is 12.0. The van der Waals surface area contributed by atoms with Gasteiger partial charge in [-0.25, -0.2) is 9.78 Å². The third kappa shape index (κ3) is 3.20. The number of aromatic carboxylic acids is 1. The van der Waals surface area contributed by atoms with Crippen molar-refractivity contribution in [3.05, 3.63) is 55.8 Å². The molecule has 0 radical (unpaired) electrons. The Hall–Kier alpha value is -2.23. The molecule has 8 heteroatoms. The first-order valence-electron chi connectivity index (χ1n) is 5.28. The number of rotatable bonds is 4. The minimum Gasteiger partial charge on any atom is -0.478 e. The highest BCUT2D eigenvalue weighted by atomic mass is 127. The molecule has 1 heterocycles. The average Bonchev–Trinajstić information content (AvgIpc) is 2.38. The first-order valence-corrected chi connectivity index (χ1v) is 6.36. The molecule has 2 aromatic rings. The van der Waals surface area contributed by atoms with Crippen LogP contribution in [0.15, 0.2) is 36.5 Å². The second-order valence-corrected chi connectivity index (χ2v) is 4.92. The lowest BCUT2D eigenvalue weighted by atomic mass is 10.2. The molecule has 0 unspecified atom stereocenters. The van der Waals surface area contributed by atoms with Crippen LogP contribution in [0.5, 0.6) is 11.6 Å². The molecule has 0 aliphatic heterocycles. The first kappa shape index (κ1) is 14.2. The molecular formula is C12H7IN2O5. The second kappa shape index (κ2) is 5.82. The quantitative estimate of drug-likeness (QED) is 0.492. The number of aromatic nitrogens is 1. The second-order valence-electron chi connectivity index (χ2n) is 3.67. The van der Waals surface area contributed by atoms with E-state index in [1.807, 2.05) is 6.07 Å². The van der Waals surface area contributed by atoms with Gasteiger partial charge < -0.3 is 9.84 Å². The maximum atomic E-state index is 10.9. The number of hydrogen-bond donors (Lipinski definition) is 1. The van der Waals surface area contributed by atoms with E-state index in [9.17, 15) is 14.9 Å². The van der Waals surface area contributed by atoms with E-state index in [2.05, 4.69) is 27.6 Å². The summed E-state index contributed by atoms with van der Waals surface area (Å²) in [6.45, 7) is 0. The van der Waals surface area contributed by atoms with Crippen LogP contribution in [0, 0.1) is 13.7 Å². The Morgan fingerprint density at radius 2 is 2.15 bits per heavy atom. The molecule has 20 heavy (non-hydrogen) atoms. The summed E-state index contributed by atoms with van der Waals surface area (Å²) in [7, 11) is 0. The van der Waals surface area contributed by atoms with Gasteiger partial charge in [0.15, 0.2) is 0 Å². The molecule has 7 nitrogen and oxygen atoms in total. The van der Waals surface area contributed by atoms with E-state index >= 15 is 0 Å². The van der Waals surface area contributed by atoms with Crippen molar-refractivity contribution in [3.8, 4) is 11.6 Å². The van der Waals surface area contributed by atoms with Crippen molar-refractivity contribution in [2.24, 2.45) is 0 Å². The molecule has 1 aromatic heterocycles. The molecular weight excluding hydrogens is 379 g/mol. The summed E-state index contributed by atoms with van der Waals surface area (Å²) in [6.07, 6.45) is 1.01. The Morgan fingerprint density at radius 1 is 1.40 bits per heavy atom. The van der Waals surface area contributed by atoms with Crippen LogP contribution in [0.25, 0.3) is 0 Å². The van der Waals surface area contributed by atoms with Gasteiger partial charge in [0.1, 0.15) is 5.75 Å². The van der Waals surface area contributed by atoms with Crippen LogP contribution in [-0.4, -0.2) is 21.0 Å². The minimum absolute atomic E-state index is 0.248. The summed E-state index contributed by atoms with van der Waals surface area (Å²) in [5, 5.41) is 19.7. The van der Waals surface area contributed by atoms with Gasteiger partial charge in [0.2, 0.25) is 0 Å². The van der Waals surface area contributed by atoms with Crippen molar-refractivity contribution < 1.29 is 19.6 Å². The highest BCUT2D eigenvalue weighted by molar-refractivity contribution is 14.1. The summed E-state index contributed by atoms with van der Waals surface area (Å²) in [5.41, 5.74) is -0.768. The molecule has 0 saturated carbocycles. The number of nitro groups is 1. The monoisotopic (exact) mass is 386 g/mol. The number of carboxylic acid groups (broad SMARTS) is 1. The van der Waals surface area contributed by atoms with Crippen molar-refractivity contribution in [1.29, 1.82) is 0 Å². The third-order valence-electron chi connectivity index (χ3n) is 2.29. The lowest BCUT2D eigenvalue weighted by molar-refractivity contribution is -0.386. The van der Waals surface area contributed by atoms with Gasteiger partial charge in [0, 0.05) is 15.8 Å². The molecule has 0 amide bonds. The van der Waals surface area contributed by atoms with Crippen molar-refractivity contribution in [1.82, 2.24) is 4.98 Å². The number of ether oxygens (including phenoxy) is 1. The Kier molecular flexibility index (Phi) is 4.13. The minimum atomic E-state index is -1.29. The van der Waals surface area contributed by atoms with Crippen molar-refractivity contribution in [2.45, 2.75) is 0 Å². The van der Waals surface area contributed by atoms with Crippen LogP contribution in [0.2, 0.25) is 0 Å². The van der Waals surface area contributed by atoms with Gasteiger partial charge in [0.25, 0.3) is 5.88 Å². The van der Waals surface area contributed by atoms with E-state index in [0.29, 0.717) is 5.75 Å². The maximum absolute atomic E-state index is 10.9. The molecule has 0 atom stereocenters. The normalized spacial score (nSPS) is 10.1. The first-order chi connectivity index (χ1) is 9.47. The van der Waals surface area contributed by atoms with Gasteiger partial charge in [-0.05, 0) is 40.8 Å². The molecule has 0 spiro atoms. The summed E-state index contributed by atoms with van der Waals surface area (Å²) in [6, 6.07) is 7.78. The SMILES string of the molecule is O=C(O)c1cnc(Oc2cccc(I)c2)c([N+](=O)[O-])c1. The summed E-state index contributed by atoms with van der Waals surface area (Å²) in [4.78, 5) is 24.7. The van der Waals surface area contributed by atoms with Gasteiger partial charge >= 0.3 is 11.7 Å². The van der Waals surface area contributed by atoms with E-state index < -0.39 is 16.6 Å². The summed E-state index contributed by atoms with van der Waals surface area (Å²) in [5.74, 6) is -1.15. The Morgan fingerprint density at radius 3 is 2.75 bits per heavy atom. The van der Waals surface area contributed by atoms with Crippen LogP contribution >= 0.6 is 22.6 Å². The smallest absolute Gasteiger partial charge is 0.337 e. The fourth-order valence-corrected chi connectivity index (χ4v) is 1.92. The average molecular weight is 386 g/mol. The molecule has 2 rings (SSSR count). The number of halogens is 1. The van der Waals surface area contributed by atoms with Gasteiger partial charge in [-0.2, -0.15) is 0 Å². The van der Waals surface area contributed by atoms with Crippen LogP contribution in [-0.2, 0) is 0 Å². The number of nitrogens with zero attached hydrogens (tertiary/aromatic N) is 2. The van der Waals surface area contributed by atoms with Gasteiger partial charge in [-0.3, -0.25) is 10.1 Å². The fourth-order valence-electron chi connectivity index (χ4n) is 1.41. The Balaban J connectivity index is 2.41. The highest BCUT2D eigenvalue weighted by Crippen LogP contribution is 2.30. The number of hydrogen-bond acceptors (Lipinski definition) is 5. The van der Waals surface area contributed by atoms with Crippen molar-refractivity contribution in [3.63, 3.8) is 0 Å². The van der Waals surface area contributed by atoms with Gasteiger partial charge in [-0.15, -0.1) is 0 Å². The molecule has 1 aromatic carbocycles. The molecule has 102 valence electrons. The van der Waals surface area contributed by atoms with E-state index in [-0.39, 0.29) is 11.4 Å². The van der Waals surface area contributed by atoms with E-state index in [4.69, 9.17) is 9.84 Å². The van der Waals surface area contributed by atoms with E-state index in [1.165, 1.54) is 0 Å². The fraction of sp³-hybridized carbons (Fsp3) is 0. The maximum Gasteiger partial charge on any atom is 0.337 e. The molecule has 0 fully saturated rings. The number of carbonyl (C=O) groups is 1. The molecule has 0 saturated heterocycles. The van der Waals surface area contributed by atoms with Crippen LogP contribution < -0.4 is 4.74 Å². The molecule has 0 bridgehead atoms. The lowest BCUT2D eigenvalue weighted by Crippen LogP contribution is -2.02. The standard InChI is InChI=1S/C12H7IN2O5/c13-8-2-1-3-9(5-8)20-11-10(15(18)19)4-7(6-14-11)12(16)17/h1-6H,(H,16,17). The molecule has 1 N–H and O–H groups in total. The van der Waals surface area contributed by atoms with E-state index in [0.717, 1.165) is 15.8 Å². The molecule has 0 aliphatic carbocycles. The van der Waals surface area contributed by atoms with Gasteiger partial charge in [0.05, 0.1) is 10.5 Å². The van der Waals surface area contributed by atoms with Crippen molar-refractivity contribution in [2.75, 3.05) is 0 Å². The zero-order valence-electron chi connectivity index (χ0n) is 9.82. The predicted octanol–water partition coefficient (Wildman–Crippen LogP) is 3.08. The lowest BCUT2D eigenvalue weighted by Gasteiger charge is -2.06. The number of carboxylic acids is 1. The van der Waals surface area contributed by atoms with Crippen LogP contribution in [0.4, 0.5) is 5.69 Å². The van der Waals surface area contributed by atoms with Crippen LogP contribution in [0.3, 0.4) is 0 Å². The summed E-state index contributed by atoms with van der Waals surface area (Å²) >= 11 is 2.07. The third-order valence-corrected chi connectivity index (χ3v) is 2.96. The summed E-state index contributed by atoms with van der Waals surface area (Å²) < 4.78 is 6.23.